The summed E-state index contributed by atoms with van der Waals surface area (Å²) < 4.78 is 0. The molecule has 0 aliphatic carbocycles. The van der Waals surface area contributed by atoms with Crippen molar-refractivity contribution in [2.45, 2.75) is 31.9 Å². The summed E-state index contributed by atoms with van der Waals surface area (Å²) in [6.07, 6.45) is 0.812. The Labute approximate surface area is 132 Å². The van der Waals surface area contributed by atoms with Gasteiger partial charge >= 0.3 is 6.03 Å². The van der Waals surface area contributed by atoms with Crippen LogP contribution in [0.3, 0.4) is 0 Å². The van der Waals surface area contributed by atoms with Crippen molar-refractivity contribution >= 4 is 28.7 Å². The lowest BCUT2D eigenvalue weighted by atomic mass is 9.99. The third-order valence-electron chi connectivity index (χ3n) is 3.20. The van der Waals surface area contributed by atoms with Crippen molar-refractivity contribution in [2.75, 3.05) is 6.54 Å². The molecule has 4 nitrogen and oxygen atoms in total. The second-order valence-corrected chi connectivity index (χ2v) is 7.11. The summed E-state index contributed by atoms with van der Waals surface area (Å²) in [6, 6.07) is 5.72. The molecular weight excluding hydrogens is 304 g/mol. The summed E-state index contributed by atoms with van der Waals surface area (Å²) >= 11 is 3.21. The monoisotopic (exact) mass is 324 g/mol. The van der Waals surface area contributed by atoms with Crippen LogP contribution in [0.25, 0.3) is 0 Å². The van der Waals surface area contributed by atoms with Gasteiger partial charge in [-0.05, 0) is 47.7 Å². The Morgan fingerprint density at radius 1 is 1.43 bits per heavy atom. The SMILES string of the molecule is CC(Cc1cccs1)NC(=O)NCC(C)(O)c1ccsc1. The first kappa shape index (κ1) is 16.0. The van der Waals surface area contributed by atoms with Gasteiger partial charge in [-0.15, -0.1) is 11.3 Å². The molecule has 114 valence electrons. The van der Waals surface area contributed by atoms with Crippen LogP contribution in [0.15, 0.2) is 34.3 Å². The summed E-state index contributed by atoms with van der Waals surface area (Å²) in [6.45, 7) is 3.85. The van der Waals surface area contributed by atoms with Gasteiger partial charge in [0.15, 0.2) is 0 Å². The Balaban J connectivity index is 1.77. The van der Waals surface area contributed by atoms with Crippen molar-refractivity contribution in [3.8, 4) is 0 Å². The van der Waals surface area contributed by atoms with Crippen molar-refractivity contribution in [2.24, 2.45) is 0 Å². The Morgan fingerprint density at radius 3 is 2.86 bits per heavy atom. The van der Waals surface area contributed by atoms with Gasteiger partial charge in [-0.2, -0.15) is 11.3 Å². The molecule has 2 heterocycles. The average molecular weight is 324 g/mol. The molecule has 21 heavy (non-hydrogen) atoms. The van der Waals surface area contributed by atoms with Crippen LogP contribution in [0, 0.1) is 0 Å². The molecule has 0 saturated carbocycles. The van der Waals surface area contributed by atoms with Gasteiger partial charge < -0.3 is 15.7 Å². The number of urea groups is 1. The third kappa shape index (κ3) is 4.84. The van der Waals surface area contributed by atoms with Gasteiger partial charge in [0.1, 0.15) is 5.60 Å². The molecule has 2 unspecified atom stereocenters. The summed E-state index contributed by atoms with van der Waals surface area (Å²) in [5.74, 6) is 0. The van der Waals surface area contributed by atoms with Crippen LogP contribution in [0.5, 0.6) is 0 Å². The minimum absolute atomic E-state index is 0.0507. The highest BCUT2D eigenvalue weighted by atomic mass is 32.1. The summed E-state index contributed by atoms with van der Waals surface area (Å²) in [5.41, 5.74) is -0.228. The van der Waals surface area contributed by atoms with E-state index in [0.717, 1.165) is 12.0 Å². The second-order valence-electron chi connectivity index (χ2n) is 5.30. The van der Waals surface area contributed by atoms with E-state index in [2.05, 4.69) is 16.7 Å². The standard InChI is InChI=1S/C15H20N2O2S2/c1-11(8-13-4-3-6-21-13)17-14(18)16-10-15(2,19)12-5-7-20-9-12/h3-7,9,11,19H,8,10H2,1-2H3,(H2,16,17,18). The Morgan fingerprint density at radius 2 is 2.24 bits per heavy atom. The molecule has 0 radical (unpaired) electrons. The highest BCUT2D eigenvalue weighted by Crippen LogP contribution is 2.21. The molecular formula is C15H20N2O2S2. The van der Waals surface area contributed by atoms with Gasteiger partial charge in [0, 0.05) is 17.3 Å². The minimum Gasteiger partial charge on any atom is -0.384 e. The maximum absolute atomic E-state index is 11.9. The van der Waals surface area contributed by atoms with Crippen LogP contribution in [-0.2, 0) is 12.0 Å². The molecule has 3 N–H and O–H groups in total. The van der Waals surface area contributed by atoms with Crippen molar-refractivity contribution in [1.82, 2.24) is 10.6 Å². The predicted molar refractivity (Wildman–Crippen MR) is 87.9 cm³/mol. The molecule has 0 aliphatic heterocycles. The number of nitrogens with one attached hydrogen (secondary N) is 2. The largest absolute Gasteiger partial charge is 0.384 e. The molecule has 0 saturated heterocycles. The van der Waals surface area contributed by atoms with Crippen molar-refractivity contribution < 1.29 is 9.90 Å². The fourth-order valence-electron chi connectivity index (χ4n) is 1.98. The van der Waals surface area contributed by atoms with Gasteiger partial charge in [-0.25, -0.2) is 4.79 Å². The Kier molecular flexibility index (Phi) is 5.39. The van der Waals surface area contributed by atoms with Crippen molar-refractivity contribution in [3.63, 3.8) is 0 Å². The molecule has 2 rings (SSSR count). The molecule has 0 fully saturated rings. The molecule has 2 aromatic rings. The van der Waals surface area contributed by atoms with Crippen LogP contribution in [0.1, 0.15) is 24.3 Å². The molecule has 2 aromatic heterocycles. The lowest BCUT2D eigenvalue weighted by Crippen LogP contribution is -2.46. The van der Waals surface area contributed by atoms with Gasteiger partial charge in [0.25, 0.3) is 0 Å². The molecule has 0 spiro atoms. The fraction of sp³-hybridized carbons (Fsp3) is 0.400. The number of carbonyl (C=O) groups is 1. The van der Waals surface area contributed by atoms with E-state index in [-0.39, 0.29) is 18.6 Å². The van der Waals surface area contributed by atoms with Crippen molar-refractivity contribution in [3.05, 3.63) is 44.8 Å². The number of rotatable bonds is 6. The normalized spacial score (nSPS) is 15.2. The van der Waals surface area contributed by atoms with Gasteiger partial charge in [-0.1, -0.05) is 6.07 Å². The van der Waals surface area contributed by atoms with E-state index in [0.29, 0.717) is 0 Å². The van der Waals surface area contributed by atoms with Crippen LogP contribution < -0.4 is 10.6 Å². The first-order valence-electron chi connectivity index (χ1n) is 6.79. The maximum Gasteiger partial charge on any atom is 0.315 e. The highest BCUT2D eigenvalue weighted by Gasteiger charge is 2.24. The van der Waals surface area contributed by atoms with Crippen LogP contribution >= 0.6 is 22.7 Å². The molecule has 6 heteroatoms. The molecule has 2 amide bonds. The zero-order valence-corrected chi connectivity index (χ0v) is 13.8. The van der Waals surface area contributed by atoms with Gasteiger partial charge in [0.2, 0.25) is 0 Å². The van der Waals surface area contributed by atoms with E-state index in [9.17, 15) is 9.90 Å². The first-order valence-corrected chi connectivity index (χ1v) is 8.61. The predicted octanol–water partition coefficient (Wildman–Crippen LogP) is 2.95. The Bertz CT molecular complexity index is 550. The number of thiophene rings is 2. The molecule has 0 aromatic carbocycles. The van der Waals surface area contributed by atoms with Crippen molar-refractivity contribution in [1.29, 1.82) is 0 Å². The highest BCUT2D eigenvalue weighted by molar-refractivity contribution is 7.09. The molecule has 2 atom stereocenters. The third-order valence-corrected chi connectivity index (χ3v) is 4.78. The minimum atomic E-state index is -1.05. The fourth-order valence-corrected chi connectivity index (χ4v) is 3.60. The van der Waals surface area contributed by atoms with Crippen LogP contribution in [0.2, 0.25) is 0 Å². The maximum atomic E-state index is 11.9. The zero-order chi connectivity index (χ0) is 15.3. The summed E-state index contributed by atoms with van der Waals surface area (Å²) in [4.78, 5) is 13.1. The zero-order valence-electron chi connectivity index (χ0n) is 12.1. The van der Waals surface area contributed by atoms with E-state index in [1.807, 2.05) is 35.2 Å². The van der Waals surface area contributed by atoms with Gasteiger partial charge in [-0.3, -0.25) is 0 Å². The molecule has 0 bridgehead atoms. The summed E-state index contributed by atoms with van der Waals surface area (Å²) in [5, 5.41) is 21.8. The van der Waals surface area contributed by atoms with E-state index in [1.54, 1.807) is 18.3 Å². The first-order chi connectivity index (χ1) is 9.97. The van der Waals surface area contributed by atoms with E-state index in [1.165, 1.54) is 16.2 Å². The Hall–Kier alpha value is -1.37. The van der Waals surface area contributed by atoms with Crippen LogP contribution in [0.4, 0.5) is 4.79 Å². The number of aliphatic hydroxyl groups is 1. The second kappa shape index (κ2) is 7.06. The smallest absolute Gasteiger partial charge is 0.315 e. The summed E-state index contributed by atoms with van der Waals surface area (Å²) in [7, 11) is 0. The average Bonchev–Trinajstić information content (AvgIpc) is 3.09. The number of hydrogen-bond donors (Lipinski definition) is 3. The van der Waals surface area contributed by atoms with E-state index in [4.69, 9.17) is 0 Å². The van der Waals surface area contributed by atoms with Gasteiger partial charge in [0.05, 0.1) is 6.54 Å². The number of carbonyl (C=O) groups excluding carboxylic acids is 1. The van der Waals surface area contributed by atoms with E-state index < -0.39 is 5.60 Å². The quantitative estimate of drug-likeness (QED) is 0.765. The lowest BCUT2D eigenvalue weighted by Gasteiger charge is -2.23. The number of amides is 2. The molecule has 0 aliphatic rings. The number of hydrogen-bond acceptors (Lipinski definition) is 4. The van der Waals surface area contributed by atoms with E-state index >= 15 is 0 Å². The lowest BCUT2D eigenvalue weighted by molar-refractivity contribution is 0.0597. The topological polar surface area (TPSA) is 61.4 Å². The van der Waals surface area contributed by atoms with Crippen LogP contribution in [-0.4, -0.2) is 23.7 Å².